The van der Waals surface area contributed by atoms with E-state index in [1.54, 1.807) is 11.8 Å². The van der Waals surface area contributed by atoms with Crippen LogP contribution in [-0.2, 0) is 4.79 Å². The highest BCUT2D eigenvalue weighted by Crippen LogP contribution is 2.26. The first-order valence-electron chi connectivity index (χ1n) is 6.00. The van der Waals surface area contributed by atoms with Crippen LogP contribution in [0.25, 0.3) is 0 Å². The first kappa shape index (κ1) is 15.1. The monoisotopic (exact) mass is 276 g/mol. The lowest BCUT2D eigenvalue weighted by Gasteiger charge is -2.24. The lowest BCUT2D eigenvalue weighted by Crippen LogP contribution is -2.49. The summed E-state index contributed by atoms with van der Waals surface area (Å²) in [7, 11) is 0. The Morgan fingerprint density at radius 2 is 2.17 bits per heavy atom. The maximum Gasteiger partial charge on any atom is 0.326 e. The van der Waals surface area contributed by atoms with Crippen LogP contribution in [0.15, 0.2) is 0 Å². The number of carboxylic acids is 1. The van der Waals surface area contributed by atoms with Crippen molar-refractivity contribution in [1.82, 2.24) is 10.2 Å². The molecular formula is C11H20N2O4S. The molecule has 1 aliphatic carbocycles. The van der Waals surface area contributed by atoms with Gasteiger partial charge in [0, 0.05) is 12.6 Å². The summed E-state index contributed by atoms with van der Waals surface area (Å²) in [6.45, 7) is 0.151. The molecule has 18 heavy (non-hydrogen) atoms. The Bertz CT molecular complexity index is 297. The van der Waals surface area contributed by atoms with Crippen molar-refractivity contribution in [2.24, 2.45) is 0 Å². The fourth-order valence-electron chi connectivity index (χ4n) is 1.67. The molecule has 0 radical (unpaired) electrons. The molecule has 0 aromatic heterocycles. The molecule has 1 fully saturated rings. The van der Waals surface area contributed by atoms with Crippen molar-refractivity contribution in [3.63, 3.8) is 0 Å². The number of hydrogen-bond donors (Lipinski definition) is 3. The average molecular weight is 276 g/mol. The van der Waals surface area contributed by atoms with Crippen molar-refractivity contribution in [3.8, 4) is 0 Å². The summed E-state index contributed by atoms with van der Waals surface area (Å²) in [5.74, 6) is -0.335. The summed E-state index contributed by atoms with van der Waals surface area (Å²) in [6, 6.07) is -1.09. The predicted molar refractivity (Wildman–Crippen MR) is 69.8 cm³/mol. The minimum atomic E-state index is -1.02. The fourth-order valence-corrected chi connectivity index (χ4v) is 2.14. The van der Waals surface area contributed by atoms with Crippen molar-refractivity contribution < 1.29 is 19.8 Å². The molecule has 3 N–H and O–H groups in total. The summed E-state index contributed by atoms with van der Waals surface area (Å²) in [6.07, 6.45) is 4.15. The van der Waals surface area contributed by atoms with Gasteiger partial charge in [0.25, 0.3) is 0 Å². The molecule has 2 amide bonds. The van der Waals surface area contributed by atoms with Crippen LogP contribution in [0.2, 0.25) is 0 Å². The van der Waals surface area contributed by atoms with Gasteiger partial charge in [0.05, 0.1) is 6.61 Å². The molecule has 0 aromatic rings. The van der Waals surface area contributed by atoms with Gasteiger partial charge in [-0.1, -0.05) is 0 Å². The van der Waals surface area contributed by atoms with Gasteiger partial charge >= 0.3 is 12.0 Å². The molecule has 0 spiro atoms. The van der Waals surface area contributed by atoms with E-state index in [-0.39, 0.29) is 25.2 Å². The van der Waals surface area contributed by atoms with Crippen molar-refractivity contribution in [2.75, 3.05) is 25.2 Å². The van der Waals surface area contributed by atoms with Gasteiger partial charge in [0.2, 0.25) is 0 Å². The van der Waals surface area contributed by atoms with Crippen LogP contribution in [-0.4, -0.2) is 64.4 Å². The van der Waals surface area contributed by atoms with Crippen molar-refractivity contribution in [3.05, 3.63) is 0 Å². The molecule has 0 heterocycles. The van der Waals surface area contributed by atoms with Gasteiger partial charge < -0.3 is 20.4 Å². The van der Waals surface area contributed by atoms with Crippen LogP contribution < -0.4 is 5.32 Å². The van der Waals surface area contributed by atoms with Crippen LogP contribution in [0.4, 0.5) is 4.79 Å². The molecule has 0 unspecified atom stereocenters. The fraction of sp³-hybridized carbons (Fsp3) is 0.818. The van der Waals surface area contributed by atoms with Crippen LogP contribution in [0.3, 0.4) is 0 Å². The van der Waals surface area contributed by atoms with Crippen molar-refractivity contribution in [2.45, 2.75) is 31.3 Å². The van der Waals surface area contributed by atoms with Crippen LogP contribution in [0.5, 0.6) is 0 Å². The minimum Gasteiger partial charge on any atom is -0.480 e. The molecule has 0 aliphatic heterocycles. The zero-order valence-electron chi connectivity index (χ0n) is 10.5. The Morgan fingerprint density at radius 1 is 1.50 bits per heavy atom. The van der Waals surface area contributed by atoms with E-state index in [0.717, 1.165) is 12.8 Å². The lowest BCUT2D eigenvalue weighted by molar-refractivity contribution is -0.139. The molecule has 0 aromatic carbocycles. The molecule has 1 saturated carbocycles. The zero-order chi connectivity index (χ0) is 13.5. The van der Waals surface area contributed by atoms with E-state index in [1.165, 1.54) is 4.90 Å². The van der Waals surface area contributed by atoms with Crippen LogP contribution >= 0.6 is 11.8 Å². The van der Waals surface area contributed by atoms with Crippen LogP contribution in [0.1, 0.15) is 19.3 Å². The molecule has 1 rings (SSSR count). The second-order valence-corrected chi connectivity index (χ2v) is 5.26. The third-order valence-corrected chi connectivity index (χ3v) is 3.44. The summed E-state index contributed by atoms with van der Waals surface area (Å²) in [5, 5.41) is 20.4. The molecule has 1 aliphatic rings. The van der Waals surface area contributed by atoms with Gasteiger partial charge in [-0.25, -0.2) is 9.59 Å². The van der Waals surface area contributed by atoms with Gasteiger partial charge in [0.15, 0.2) is 0 Å². The maximum absolute atomic E-state index is 11.9. The highest BCUT2D eigenvalue weighted by Gasteiger charge is 2.33. The standard InChI is InChI=1S/C11H20N2O4S/c1-18-7-4-9(10(15)16)12-11(17)13(5-6-14)8-2-3-8/h8-9,14H,2-7H2,1H3,(H,12,17)(H,15,16)/t9-/m0/s1. The molecule has 0 bridgehead atoms. The molecule has 7 heteroatoms. The van der Waals surface area contributed by atoms with Gasteiger partial charge in [-0.15, -0.1) is 0 Å². The van der Waals surface area contributed by atoms with Gasteiger partial charge in [-0.2, -0.15) is 11.8 Å². The third-order valence-electron chi connectivity index (χ3n) is 2.80. The number of carbonyl (C=O) groups is 2. The van der Waals surface area contributed by atoms with Crippen LogP contribution in [0, 0.1) is 0 Å². The Labute approximate surface area is 111 Å². The summed E-state index contributed by atoms with van der Waals surface area (Å²) < 4.78 is 0. The Morgan fingerprint density at radius 3 is 2.61 bits per heavy atom. The summed E-state index contributed by atoms with van der Waals surface area (Å²) in [5.41, 5.74) is 0. The number of hydrogen-bond acceptors (Lipinski definition) is 4. The van der Waals surface area contributed by atoms with E-state index in [9.17, 15) is 9.59 Å². The number of aliphatic hydroxyl groups is 1. The maximum atomic E-state index is 11.9. The van der Waals surface area contributed by atoms with Gasteiger partial charge in [-0.3, -0.25) is 0 Å². The highest BCUT2D eigenvalue weighted by molar-refractivity contribution is 7.98. The van der Waals surface area contributed by atoms with Gasteiger partial charge in [0.1, 0.15) is 6.04 Å². The minimum absolute atomic E-state index is 0.105. The lowest BCUT2D eigenvalue weighted by atomic mass is 10.2. The molecule has 6 nitrogen and oxygen atoms in total. The van der Waals surface area contributed by atoms with E-state index in [4.69, 9.17) is 10.2 Å². The van der Waals surface area contributed by atoms with Crippen molar-refractivity contribution in [1.29, 1.82) is 0 Å². The topological polar surface area (TPSA) is 89.9 Å². The van der Waals surface area contributed by atoms with E-state index in [2.05, 4.69) is 5.32 Å². The second kappa shape index (κ2) is 7.48. The third kappa shape index (κ3) is 4.73. The number of thioether (sulfide) groups is 1. The molecular weight excluding hydrogens is 256 g/mol. The second-order valence-electron chi connectivity index (χ2n) is 4.27. The SMILES string of the molecule is CSCC[C@H](NC(=O)N(CCO)C1CC1)C(=O)O. The Balaban J connectivity index is 2.49. The summed E-state index contributed by atoms with van der Waals surface area (Å²) >= 11 is 1.54. The van der Waals surface area contributed by atoms with E-state index in [0.29, 0.717) is 12.2 Å². The number of aliphatic hydroxyl groups excluding tert-OH is 1. The Hall–Kier alpha value is -0.950. The number of nitrogens with zero attached hydrogens (tertiary/aromatic N) is 1. The summed E-state index contributed by atoms with van der Waals surface area (Å²) in [4.78, 5) is 24.5. The van der Waals surface area contributed by atoms with E-state index >= 15 is 0 Å². The number of nitrogens with one attached hydrogen (secondary N) is 1. The number of urea groups is 1. The average Bonchev–Trinajstić information content (AvgIpc) is 3.14. The number of aliphatic carboxylic acids is 1. The largest absolute Gasteiger partial charge is 0.480 e. The number of carbonyl (C=O) groups excluding carboxylic acids is 1. The van der Waals surface area contributed by atoms with Gasteiger partial charge in [-0.05, 0) is 31.3 Å². The zero-order valence-corrected chi connectivity index (χ0v) is 11.3. The number of carboxylic acid groups (broad SMARTS) is 1. The number of amides is 2. The van der Waals surface area contributed by atoms with E-state index in [1.807, 2.05) is 6.26 Å². The molecule has 1 atom stereocenters. The first-order chi connectivity index (χ1) is 8.60. The van der Waals surface area contributed by atoms with E-state index < -0.39 is 12.0 Å². The first-order valence-corrected chi connectivity index (χ1v) is 7.39. The highest BCUT2D eigenvalue weighted by atomic mass is 32.2. The Kier molecular flexibility index (Phi) is 6.28. The van der Waals surface area contributed by atoms with Crippen molar-refractivity contribution >= 4 is 23.8 Å². The number of rotatable bonds is 8. The predicted octanol–water partition coefficient (Wildman–Crippen LogP) is 0.359. The molecule has 104 valence electrons. The molecule has 0 saturated heterocycles. The smallest absolute Gasteiger partial charge is 0.326 e. The quantitative estimate of drug-likeness (QED) is 0.595. The normalized spacial score (nSPS) is 16.1.